The van der Waals surface area contributed by atoms with Crippen molar-refractivity contribution < 1.29 is 32.2 Å². The molecule has 0 bridgehead atoms. The van der Waals surface area contributed by atoms with E-state index in [2.05, 4.69) is 5.32 Å². The van der Waals surface area contributed by atoms with Gasteiger partial charge in [0.2, 0.25) is 11.7 Å². The van der Waals surface area contributed by atoms with Gasteiger partial charge >= 0.3 is 0 Å². The van der Waals surface area contributed by atoms with E-state index in [-0.39, 0.29) is 11.4 Å². The normalized spacial score (nSPS) is 10.9. The van der Waals surface area contributed by atoms with Gasteiger partial charge in [-0.3, -0.25) is 9.10 Å². The van der Waals surface area contributed by atoms with Crippen molar-refractivity contribution in [2.45, 2.75) is 11.4 Å². The van der Waals surface area contributed by atoms with E-state index >= 15 is 0 Å². The summed E-state index contributed by atoms with van der Waals surface area (Å²) in [4.78, 5) is 13.0. The van der Waals surface area contributed by atoms with Crippen molar-refractivity contribution in [1.29, 1.82) is 0 Å². The lowest BCUT2D eigenvalue weighted by atomic mass is 10.1. The zero-order chi connectivity index (χ0) is 25.4. The van der Waals surface area contributed by atoms with Gasteiger partial charge in [-0.2, -0.15) is 0 Å². The summed E-state index contributed by atoms with van der Waals surface area (Å²) in [5, 5.41) is 2.76. The lowest BCUT2D eigenvalue weighted by molar-refractivity contribution is -0.119. The Morgan fingerprint density at radius 2 is 1.46 bits per heavy atom. The minimum absolute atomic E-state index is 0.0384. The fourth-order valence-corrected chi connectivity index (χ4v) is 4.89. The van der Waals surface area contributed by atoms with E-state index < -0.39 is 22.5 Å². The lowest BCUT2D eigenvalue weighted by Gasteiger charge is -2.24. The number of hydrogen-bond donors (Lipinski definition) is 1. The first-order valence-electron chi connectivity index (χ1n) is 10.6. The molecule has 9 nitrogen and oxygen atoms in total. The molecule has 0 aliphatic rings. The summed E-state index contributed by atoms with van der Waals surface area (Å²) in [5.74, 6) is 1.33. The molecule has 186 valence electrons. The van der Waals surface area contributed by atoms with Crippen LogP contribution < -0.4 is 28.6 Å². The van der Waals surface area contributed by atoms with Gasteiger partial charge in [0.15, 0.2) is 11.5 Å². The average Bonchev–Trinajstić information content (AvgIpc) is 2.90. The highest BCUT2D eigenvalue weighted by atomic mass is 32.2. The van der Waals surface area contributed by atoms with Crippen molar-refractivity contribution in [2.75, 3.05) is 39.3 Å². The molecule has 0 fully saturated rings. The van der Waals surface area contributed by atoms with Crippen LogP contribution in [0, 0.1) is 0 Å². The van der Waals surface area contributed by atoms with E-state index in [9.17, 15) is 13.2 Å². The number of amides is 1. The smallest absolute Gasteiger partial charge is 0.264 e. The number of rotatable bonds is 11. The minimum Gasteiger partial charge on any atom is -0.497 e. The van der Waals surface area contributed by atoms with Gasteiger partial charge in [0, 0.05) is 12.1 Å². The fraction of sp³-hybridized carbons (Fsp3) is 0.240. The van der Waals surface area contributed by atoms with Gasteiger partial charge in [-0.05, 0) is 48.5 Å². The molecule has 10 heteroatoms. The van der Waals surface area contributed by atoms with Crippen molar-refractivity contribution in [3.63, 3.8) is 0 Å². The van der Waals surface area contributed by atoms with Crippen LogP contribution in [0.5, 0.6) is 23.0 Å². The molecule has 35 heavy (non-hydrogen) atoms. The Morgan fingerprint density at radius 1 is 0.800 bits per heavy atom. The molecule has 0 saturated heterocycles. The quantitative estimate of drug-likeness (QED) is 0.431. The monoisotopic (exact) mass is 500 g/mol. The number of para-hydroxylation sites is 1. The van der Waals surface area contributed by atoms with Crippen molar-refractivity contribution in [3.05, 3.63) is 72.3 Å². The summed E-state index contributed by atoms with van der Waals surface area (Å²) in [6, 6.07) is 17.9. The molecule has 3 aromatic carbocycles. The van der Waals surface area contributed by atoms with Crippen molar-refractivity contribution in [1.82, 2.24) is 5.32 Å². The predicted molar refractivity (Wildman–Crippen MR) is 132 cm³/mol. The van der Waals surface area contributed by atoms with Crippen LogP contribution in [0.3, 0.4) is 0 Å². The van der Waals surface area contributed by atoms with Crippen LogP contribution in [0.25, 0.3) is 0 Å². The summed E-state index contributed by atoms with van der Waals surface area (Å²) in [6.07, 6.45) is 0. The first kappa shape index (κ1) is 25.7. The van der Waals surface area contributed by atoms with E-state index in [0.717, 1.165) is 4.31 Å². The summed E-state index contributed by atoms with van der Waals surface area (Å²) in [7, 11) is 1.96. The molecule has 0 heterocycles. The molecular weight excluding hydrogens is 472 g/mol. The minimum atomic E-state index is -4.03. The number of anilines is 1. The molecule has 1 amide bonds. The van der Waals surface area contributed by atoms with E-state index in [1.807, 2.05) is 0 Å². The number of hydrogen-bond acceptors (Lipinski definition) is 7. The number of carbonyl (C=O) groups excluding carboxylic acids is 1. The van der Waals surface area contributed by atoms with Crippen molar-refractivity contribution in [3.8, 4) is 23.0 Å². The molecule has 3 aromatic rings. The van der Waals surface area contributed by atoms with Gasteiger partial charge < -0.3 is 24.3 Å². The summed E-state index contributed by atoms with van der Waals surface area (Å²) >= 11 is 0. The highest BCUT2D eigenvalue weighted by molar-refractivity contribution is 7.92. The first-order chi connectivity index (χ1) is 16.8. The van der Waals surface area contributed by atoms with E-state index in [4.69, 9.17) is 18.9 Å². The zero-order valence-corrected chi connectivity index (χ0v) is 20.8. The third kappa shape index (κ3) is 5.78. The number of benzene rings is 3. The largest absolute Gasteiger partial charge is 0.497 e. The topological polar surface area (TPSA) is 103 Å². The van der Waals surface area contributed by atoms with E-state index in [1.165, 1.54) is 40.6 Å². The number of nitrogens with one attached hydrogen (secondary N) is 1. The molecule has 0 saturated carbocycles. The van der Waals surface area contributed by atoms with Gasteiger partial charge in [-0.15, -0.1) is 0 Å². The van der Waals surface area contributed by atoms with Crippen LogP contribution in [0.15, 0.2) is 71.6 Å². The van der Waals surface area contributed by atoms with Crippen LogP contribution in [0.4, 0.5) is 5.69 Å². The maximum atomic E-state index is 13.5. The first-order valence-corrected chi connectivity index (χ1v) is 12.1. The maximum absolute atomic E-state index is 13.5. The van der Waals surface area contributed by atoms with Crippen LogP contribution in [-0.4, -0.2) is 49.3 Å². The van der Waals surface area contributed by atoms with Crippen molar-refractivity contribution in [2.24, 2.45) is 0 Å². The van der Waals surface area contributed by atoms with Crippen molar-refractivity contribution >= 4 is 21.6 Å². The third-order valence-electron chi connectivity index (χ3n) is 5.24. The summed E-state index contributed by atoms with van der Waals surface area (Å²) in [6.45, 7) is -0.332. The predicted octanol–water partition coefficient (Wildman–Crippen LogP) is 3.23. The highest BCUT2D eigenvalue weighted by Gasteiger charge is 2.27. The van der Waals surface area contributed by atoms with Crippen LogP contribution in [0.2, 0.25) is 0 Å². The second kappa shape index (κ2) is 11.5. The average molecular weight is 501 g/mol. The standard InChI is InChI=1S/C25H28N2O7S/c1-31-20-11-13-21(14-12-20)35(29,30)27(19-8-6-5-7-9-19)17-23(28)26-16-18-10-15-22(32-2)25(34-4)24(18)33-3/h5-15H,16-17H2,1-4H3,(H,26,28). The van der Waals surface area contributed by atoms with Gasteiger partial charge in [-0.1, -0.05) is 18.2 Å². The summed E-state index contributed by atoms with van der Waals surface area (Å²) < 4.78 is 49.2. The SMILES string of the molecule is COc1ccc(S(=O)(=O)N(CC(=O)NCc2ccc(OC)c(OC)c2OC)c2ccccc2)cc1. The fourth-order valence-electron chi connectivity index (χ4n) is 3.47. The molecule has 0 spiro atoms. The maximum Gasteiger partial charge on any atom is 0.264 e. The van der Waals surface area contributed by atoms with Gasteiger partial charge in [-0.25, -0.2) is 8.42 Å². The van der Waals surface area contributed by atoms with Crippen LogP contribution >= 0.6 is 0 Å². The third-order valence-corrected chi connectivity index (χ3v) is 7.03. The van der Waals surface area contributed by atoms with Gasteiger partial charge in [0.25, 0.3) is 10.0 Å². The number of methoxy groups -OCH3 is 4. The Balaban J connectivity index is 1.84. The molecule has 0 aliphatic heterocycles. The Bertz CT molecular complexity index is 1250. The van der Waals surface area contributed by atoms with Gasteiger partial charge in [0.1, 0.15) is 12.3 Å². The lowest BCUT2D eigenvalue weighted by Crippen LogP contribution is -2.40. The Kier molecular flexibility index (Phi) is 8.43. The molecule has 0 unspecified atom stereocenters. The summed E-state index contributed by atoms with van der Waals surface area (Å²) in [5.41, 5.74) is 1.00. The molecule has 0 aromatic heterocycles. The Morgan fingerprint density at radius 3 is 2.03 bits per heavy atom. The molecule has 3 rings (SSSR count). The van der Waals surface area contributed by atoms with Crippen LogP contribution in [0.1, 0.15) is 5.56 Å². The highest BCUT2D eigenvalue weighted by Crippen LogP contribution is 2.39. The zero-order valence-electron chi connectivity index (χ0n) is 20.0. The number of ether oxygens (including phenoxy) is 4. The molecule has 0 aliphatic carbocycles. The number of carbonyl (C=O) groups is 1. The molecule has 1 N–H and O–H groups in total. The molecular formula is C25H28N2O7S. The number of sulfonamides is 1. The Hall–Kier alpha value is -3.92. The van der Waals surface area contributed by atoms with E-state index in [0.29, 0.717) is 34.2 Å². The second-order valence-corrected chi connectivity index (χ2v) is 9.16. The van der Waals surface area contributed by atoms with Crippen LogP contribution in [-0.2, 0) is 21.4 Å². The van der Waals surface area contributed by atoms with Gasteiger partial charge in [0.05, 0.1) is 39.0 Å². The Labute approximate surface area is 205 Å². The van der Waals surface area contributed by atoms with E-state index in [1.54, 1.807) is 54.6 Å². The number of nitrogens with zero attached hydrogens (tertiary/aromatic N) is 1. The molecule has 0 radical (unpaired) electrons. The second-order valence-electron chi connectivity index (χ2n) is 7.29. The molecule has 0 atom stereocenters.